The standard InChI is InChI=1S/C6H11NO3/c1-4(6(7)9)3-5(8)10-2/h4H,3H2,1-2H3,(H2,7,9)/t4-/m1/s1. The van der Waals surface area contributed by atoms with E-state index in [9.17, 15) is 9.59 Å². The molecule has 0 saturated carbocycles. The van der Waals surface area contributed by atoms with Crippen molar-refractivity contribution in [3.63, 3.8) is 0 Å². The second-order valence-corrected chi connectivity index (χ2v) is 2.08. The van der Waals surface area contributed by atoms with Gasteiger partial charge >= 0.3 is 5.97 Å². The second kappa shape index (κ2) is 3.87. The predicted octanol–water partition coefficient (Wildman–Crippen LogP) is -0.329. The fourth-order valence-electron chi connectivity index (χ4n) is 0.434. The van der Waals surface area contributed by atoms with Crippen LogP contribution in [0.4, 0.5) is 0 Å². The van der Waals surface area contributed by atoms with Gasteiger partial charge in [-0.05, 0) is 0 Å². The fraction of sp³-hybridized carbons (Fsp3) is 0.667. The Hall–Kier alpha value is -1.06. The van der Waals surface area contributed by atoms with Gasteiger partial charge in [0, 0.05) is 5.92 Å². The first-order valence-corrected chi connectivity index (χ1v) is 2.94. The lowest BCUT2D eigenvalue weighted by Gasteiger charge is -2.03. The highest BCUT2D eigenvalue weighted by Gasteiger charge is 2.13. The summed E-state index contributed by atoms with van der Waals surface area (Å²) >= 11 is 0. The number of esters is 1. The quantitative estimate of drug-likeness (QED) is 0.553. The van der Waals surface area contributed by atoms with E-state index in [0.717, 1.165) is 0 Å². The van der Waals surface area contributed by atoms with Gasteiger partial charge in [0.25, 0.3) is 0 Å². The molecule has 0 aliphatic carbocycles. The molecule has 0 bridgehead atoms. The van der Waals surface area contributed by atoms with Crippen molar-refractivity contribution in [2.45, 2.75) is 13.3 Å². The van der Waals surface area contributed by atoms with Crippen molar-refractivity contribution in [2.24, 2.45) is 11.7 Å². The molecule has 10 heavy (non-hydrogen) atoms. The van der Waals surface area contributed by atoms with E-state index < -0.39 is 17.8 Å². The molecule has 58 valence electrons. The third kappa shape index (κ3) is 3.06. The molecule has 0 unspecified atom stereocenters. The Morgan fingerprint density at radius 1 is 1.60 bits per heavy atom. The minimum Gasteiger partial charge on any atom is -0.469 e. The summed E-state index contributed by atoms with van der Waals surface area (Å²) < 4.78 is 4.32. The van der Waals surface area contributed by atoms with E-state index in [1.165, 1.54) is 7.11 Å². The SMILES string of the molecule is COC(=O)C[C@@H](C)C(N)=O. The Kier molecular flexibility index (Phi) is 3.46. The van der Waals surface area contributed by atoms with Gasteiger partial charge in [-0.3, -0.25) is 9.59 Å². The van der Waals surface area contributed by atoms with Crippen molar-refractivity contribution < 1.29 is 14.3 Å². The van der Waals surface area contributed by atoms with Crippen molar-refractivity contribution in [1.82, 2.24) is 0 Å². The molecule has 0 fully saturated rings. The van der Waals surface area contributed by atoms with Crippen LogP contribution in [0.5, 0.6) is 0 Å². The Labute approximate surface area is 59.3 Å². The maximum absolute atomic E-state index is 10.5. The summed E-state index contributed by atoms with van der Waals surface area (Å²) in [6, 6.07) is 0. The lowest BCUT2D eigenvalue weighted by atomic mass is 10.1. The van der Waals surface area contributed by atoms with Crippen molar-refractivity contribution in [1.29, 1.82) is 0 Å². The summed E-state index contributed by atoms with van der Waals surface area (Å²) in [6.07, 6.45) is 0.0613. The van der Waals surface area contributed by atoms with Gasteiger partial charge in [-0.1, -0.05) is 6.92 Å². The Bertz CT molecular complexity index is 144. The molecule has 0 spiro atoms. The number of carbonyl (C=O) groups excluding carboxylic acids is 2. The van der Waals surface area contributed by atoms with Crippen LogP contribution in [0, 0.1) is 5.92 Å². The monoisotopic (exact) mass is 145 g/mol. The van der Waals surface area contributed by atoms with Crippen molar-refractivity contribution in [3.8, 4) is 0 Å². The summed E-state index contributed by atoms with van der Waals surface area (Å²) in [4.78, 5) is 20.9. The average molecular weight is 145 g/mol. The largest absolute Gasteiger partial charge is 0.469 e. The molecule has 0 saturated heterocycles. The van der Waals surface area contributed by atoms with Crippen LogP contribution in [0.25, 0.3) is 0 Å². The zero-order chi connectivity index (χ0) is 8.15. The summed E-state index contributed by atoms with van der Waals surface area (Å²) in [5.41, 5.74) is 4.89. The van der Waals surface area contributed by atoms with Gasteiger partial charge in [-0.25, -0.2) is 0 Å². The first-order valence-electron chi connectivity index (χ1n) is 2.94. The lowest BCUT2D eigenvalue weighted by Crippen LogP contribution is -2.23. The molecule has 1 amide bonds. The minimum atomic E-state index is -0.481. The zero-order valence-electron chi connectivity index (χ0n) is 6.09. The van der Waals surface area contributed by atoms with Gasteiger partial charge in [0.15, 0.2) is 0 Å². The number of ether oxygens (including phenoxy) is 1. The van der Waals surface area contributed by atoms with E-state index in [-0.39, 0.29) is 6.42 Å². The smallest absolute Gasteiger partial charge is 0.306 e. The lowest BCUT2D eigenvalue weighted by molar-refractivity contribution is -0.143. The minimum absolute atomic E-state index is 0.0613. The van der Waals surface area contributed by atoms with Crippen LogP contribution in [-0.4, -0.2) is 19.0 Å². The maximum atomic E-state index is 10.5. The number of methoxy groups -OCH3 is 1. The Morgan fingerprint density at radius 3 is 2.40 bits per heavy atom. The summed E-state index contributed by atoms with van der Waals surface area (Å²) in [6.45, 7) is 1.58. The third-order valence-electron chi connectivity index (χ3n) is 1.19. The van der Waals surface area contributed by atoms with E-state index in [2.05, 4.69) is 4.74 Å². The Morgan fingerprint density at radius 2 is 2.10 bits per heavy atom. The van der Waals surface area contributed by atoms with Gasteiger partial charge in [0.05, 0.1) is 13.5 Å². The Balaban J connectivity index is 3.68. The average Bonchev–Trinajstić information content (AvgIpc) is 1.87. The summed E-state index contributed by atoms with van der Waals surface area (Å²) in [5.74, 6) is -1.33. The number of carbonyl (C=O) groups is 2. The van der Waals surface area contributed by atoms with Gasteiger partial charge in [0.2, 0.25) is 5.91 Å². The van der Waals surface area contributed by atoms with Crippen LogP contribution >= 0.6 is 0 Å². The van der Waals surface area contributed by atoms with Crippen molar-refractivity contribution in [3.05, 3.63) is 0 Å². The molecule has 4 nitrogen and oxygen atoms in total. The molecule has 0 rings (SSSR count). The molecule has 0 aliphatic heterocycles. The van der Waals surface area contributed by atoms with Gasteiger partial charge in [0.1, 0.15) is 0 Å². The second-order valence-electron chi connectivity index (χ2n) is 2.08. The third-order valence-corrected chi connectivity index (χ3v) is 1.19. The number of rotatable bonds is 3. The molecular formula is C6H11NO3. The number of hydrogen-bond donors (Lipinski definition) is 1. The van der Waals surface area contributed by atoms with Gasteiger partial charge in [-0.15, -0.1) is 0 Å². The zero-order valence-corrected chi connectivity index (χ0v) is 6.09. The molecular weight excluding hydrogens is 134 g/mol. The molecule has 2 N–H and O–H groups in total. The molecule has 0 aromatic rings. The number of primary amides is 1. The highest BCUT2D eigenvalue weighted by atomic mass is 16.5. The molecule has 0 aromatic heterocycles. The molecule has 4 heteroatoms. The molecule has 0 aromatic carbocycles. The topological polar surface area (TPSA) is 69.4 Å². The molecule has 1 atom stereocenters. The van der Waals surface area contributed by atoms with Crippen LogP contribution in [0.1, 0.15) is 13.3 Å². The van der Waals surface area contributed by atoms with E-state index >= 15 is 0 Å². The van der Waals surface area contributed by atoms with Crippen LogP contribution in [0.3, 0.4) is 0 Å². The van der Waals surface area contributed by atoms with E-state index in [0.29, 0.717) is 0 Å². The van der Waals surface area contributed by atoms with Crippen LogP contribution in [0.15, 0.2) is 0 Å². The van der Waals surface area contributed by atoms with Crippen LogP contribution in [-0.2, 0) is 14.3 Å². The van der Waals surface area contributed by atoms with Crippen molar-refractivity contribution in [2.75, 3.05) is 7.11 Å². The molecule has 0 heterocycles. The van der Waals surface area contributed by atoms with E-state index in [4.69, 9.17) is 5.73 Å². The fourth-order valence-corrected chi connectivity index (χ4v) is 0.434. The van der Waals surface area contributed by atoms with E-state index in [1.54, 1.807) is 6.92 Å². The summed E-state index contributed by atoms with van der Waals surface area (Å²) in [5, 5.41) is 0. The highest BCUT2D eigenvalue weighted by molar-refractivity contribution is 5.81. The van der Waals surface area contributed by atoms with E-state index in [1.807, 2.05) is 0 Å². The van der Waals surface area contributed by atoms with Gasteiger partial charge in [-0.2, -0.15) is 0 Å². The predicted molar refractivity (Wildman–Crippen MR) is 35.0 cm³/mol. The maximum Gasteiger partial charge on any atom is 0.306 e. The summed E-state index contributed by atoms with van der Waals surface area (Å²) in [7, 11) is 1.27. The normalized spacial score (nSPS) is 12.2. The first-order chi connectivity index (χ1) is 4.57. The highest BCUT2D eigenvalue weighted by Crippen LogP contribution is 2.00. The van der Waals surface area contributed by atoms with Crippen LogP contribution < -0.4 is 5.73 Å². The molecule has 0 radical (unpaired) electrons. The van der Waals surface area contributed by atoms with Crippen LogP contribution in [0.2, 0.25) is 0 Å². The number of hydrogen-bond acceptors (Lipinski definition) is 3. The number of amides is 1. The van der Waals surface area contributed by atoms with Gasteiger partial charge < -0.3 is 10.5 Å². The van der Waals surface area contributed by atoms with Crippen molar-refractivity contribution >= 4 is 11.9 Å². The first kappa shape index (κ1) is 8.94. The number of nitrogens with two attached hydrogens (primary N) is 1. The molecule has 0 aliphatic rings.